The number of nitrogens with one attached hydrogen (secondary N) is 1. The molecule has 1 N–H and O–H groups in total. The van der Waals surface area contributed by atoms with Crippen LogP contribution < -0.4 is 5.32 Å². The summed E-state index contributed by atoms with van der Waals surface area (Å²) < 4.78 is 2.58. The lowest BCUT2D eigenvalue weighted by molar-refractivity contribution is 0.425. The van der Waals surface area contributed by atoms with E-state index < -0.39 is 8.24 Å². The van der Waals surface area contributed by atoms with E-state index in [1.807, 2.05) is 0 Å². The van der Waals surface area contributed by atoms with Crippen molar-refractivity contribution in [2.24, 2.45) is 0 Å². The highest BCUT2D eigenvalue weighted by Crippen LogP contribution is 2.44. The van der Waals surface area contributed by atoms with Crippen molar-refractivity contribution >= 4 is 25.1 Å². The molecule has 0 spiro atoms. The molecule has 0 aliphatic rings. The number of aromatic nitrogens is 2. The van der Waals surface area contributed by atoms with Gasteiger partial charge < -0.3 is 14.4 Å². The zero-order valence-corrected chi connectivity index (χ0v) is 18.3. The largest absolute Gasteiger partial charge is 0.369 e. The highest BCUT2D eigenvalue weighted by Gasteiger charge is 2.45. The first-order valence-electron chi connectivity index (χ1n) is 9.58. The van der Waals surface area contributed by atoms with Gasteiger partial charge in [-0.2, -0.15) is 0 Å². The van der Waals surface area contributed by atoms with Gasteiger partial charge in [-0.05, 0) is 55.1 Å². The van der Waals surface area contributed by atoms with E-state index >= 15 is 0 Å². The molecule has 0 aromatic carbocycles. The third kappa shape index (κ3) is 3.77. The molecule has 2 aromatic heterocycles. The Labute approximate surface area is 154 Å². The molecule has 0 saturated carbocycles. The molecule has 2 aromatic rings. The molecule has 0 amide bonds. The predicted molar refractivity (Wildman–Crippen MR) is 113 cm³/mol. The van der Waals surface area contributed by atoms with Crippen LogP contribution in [-0.2, 0) is 0 Å². The highest BCUT2D eigenvalue weighted by atomic mass is 28.3. The predicted octanol–water partition coefficient (Wildman–Crippen LogP) is 5.03. The van der Waals surface area contributed by atoms with Crippen molar-refractivity contribution in [3.8, 4) is 0 Å². The Bertz CT molecular complexity index is 666. The maximum atomic E-state index is 5.01. The normalized spacial score (nSPS) is 13.0. The molecule has 0 radical (unpaired) electrons. The van der Waals surface area contributed by atoms with Crippen molar-refractivity contribution in [1.82, 2.24) is 14.1 Å². The van der Waals surface area contributed by atoms with Crippen molar-refractivity contribution < 1.29 is 0 Å². The Hall–Kier alpha value is -1.33. The van der Waals surface area contributed by atoms with Gasteiger partial charge in [0.2, 0.25) is 0 Å². The summed E-state index contributed by atoms with van der Waals surface area (Å²) in [6, 6.07) is 6.55. The summed E-state index contributed by atoms with van der Waals surface area (Å²) in [5, 5.41) is 4.72. The van der Waals surface area contributed by atoms with Crippen LogP contribution in [0.5, 0.6) is 0 Å². The van der Waals surface area contributed by atoms with E-state index in [2.05, 4.69) is 94.5 Å². The van der Waals surface area contributed by atoms with Crippen LogP contribution in [0.1, 0.15) is 41.5 Å². The molecule has 0 aliphatic heterocycles. The van der Waals surface area contributed by atoms with E-state index in [1.54, 1.807) is 0 Å². The first-order valence-corrected chi connectivity index (χ1v) is 11.8. The minimum Gasteiger partial charge on any atom is -0.369 e. The summed E-state index contributed by atoms with van der Waals surface area (Å²) in [6.45, 7) is 16.3. The Kier molecular flexibility index (Phi) is 6.33. The second kappa shape index (κ2) is 7.91. The summed E-state index contributed by atoms with van der Waals surface area (Å²) in [6.07, 6.45) is 2.30. The molecule has 4 nitrogen and oxygen atoms in total. The van der Waals surface area contributed by atoms with Gasteiger partial charge in [-0.1, -0.05) is 41.5 Å². The van der Waals surface area contributed by atoms with Gasteiger partial charge in [-0.25, -0.2) is 4.98 Å². The molecule has 0 bridgehead atoms. The Morgan fingerprint density at radius 3 is 2.12 bits per heavy atom. The maximum Gasteiger partial charge on any atom is 0.171 e. The molecule has 5 heteroatoms. The van der Waals surface area contributed by atoms with E-state index in [-0.39, 0.29) is 0 Å². The van der Waals surface area contributed by atoms with E-state index in [0.29, 0.717) is 16.6 Å². The molecular formula is C20H36N4Si. The molecule has 0 unspecified atom stereocenters. The molecule has 25 heavy (non-hydrogen) atoms. The second-order valence-electron chi connectivity index (χ2n) is 8.38. The summed E-state index contributed by atoms with van der Waals surface area (Å²) >= 11 is 0. The van der Waals surface area contributed by atoms with Crippen molar-refractivity contribution in [3.63, 3.8) is 0 Å². The van der Waals surface area contributed by atoms with Crippen molar-refractivity contribution in [2.75, 3.05) is 32.5 Å². The number of rotatable bonds is 8. The standard InChI is InChI=1S/C20H36N4Si/c1-15(2)25(16(3)4,17(5)6)24-13-11-18-9-10-19(22-20(18)24)21-12-14-23(7)8/h9-11,13,15-17H,12,14H2,1-8H3,(H,21,22). The van der Waals surface area contributed by atoms with Crippen molar-refractivity contribution in [3.05, 3.63) is 24.4 Å². The molecule has 2 rings (SSSR count). The Balaban J connectivity index is 2.49. The van der Waals surface area contributed by atoms with Gasteiger partial charge in [0, 0.05) is 18.5 Å². The smallest absolute Gasteiger partial charge is 0.171 e. The highest BCUT2D eigenvalue weighted by molar-refractivity contribution is 6.82. The fraction of sp³-hybridized carbons (Fsp3) is 0.650. The first kappa shape index (κ1) is 20.0. The Morgan fingerprint density at radius 1 is 1.00 bits per heavy atom. The van der Waals surface area contributed by atoms with Gasteiger partial charge in [0.25, 0.3) is 0 Å². The van der Waals surface area contributed by atoms with Crippen molar-refractivity contribution in [2.45, 2.75) is 58.2 Å². The lowest BCUT2D eigenvalue weighted by Crippen LogP contribution is -2.51. The van der Waals surface area contributed by atoms with Gasteiger partial charge in [0.15, 0.2) is 8.24 Å². The zero-order valence-electron chi connectivity index (χ0n) is 17.3. The zero-order chi connectivity index (χ0) is 18.8. The molecule has 0 atom stereocenters. The quantitative estimate of drug-likeness (QED) is 0.670. The fourth-order valence-corrected chi connectivity index (χ4v) is 11.2. The molecule has 0 saturated heterocycles. The lowest BCUT2D eigenvalue weighted by atomic mass is 10.3. The van der Waals surface area contributed by atoms with Crippen molar-refractivity contribution in [1.29, 1.82) is 0 Å². The lowest BCUT2D eigenvalue weighted by Gasteiger charge is -2.44. The minimum absolute atomic E-state index is 0.662. The number of nitrogens with zero attached hydrogens (tertiary/aromatic N) is 3. The van der Waals surface area contributed by atoms with Gasteiger partial charge in [-0.3, -0.25) is 0 Å². The average Bonchev–Trinajstić information content (AvgIpc) is 2.90. The topological polar surface area (TPSA) is 33.1 Å². The summed E-state index contributed by atoms with van der Waals surface area (Å²) in [5.74, 6) is 0.980. The second-order valence-corrected chi connectivity index (χ2v) is 14.1. The van der Waals surface area contributed by atoms with E-state index in [9.17, 15) is 0 Å². The van der Waals surface area contributed by atoms with Gasteiger partial charge >= 0.3 is 0 Å². The molecule has 2 heterocycles. The maximum absolute atomic E-state index is 5.01. The number of hydrogen-bond acceptors (Lipinski definition) is 3. The fourth-order valence-electron chi connectivity index (χ4n) is 4.66. The number of hydrogen-bond donors (Lipinski definition) is 1. The van der Waals surface area contributed by atoms with Gasteiger partial charge in [0.1, 0.15) is 11.5 Å². The summed E-state index contributed by atoms with van der Waals surface area (Å²) in [4.78, 5) is 7.20. The Morgan fingerprint density at radius 2 is 1.60 bits per heavy atom. The first-order chi connectivity index (χ1) is 11.7. The van der Waals surface area contributed by atoms with E-state index in [0.717, 1.165) is 24.6 Å². The van der Waals surface area contributed by atoms with Crippen LogP contribution in [0.25, 0.3) is 11.0 Å². The van der Waals surface area contributed by atoms with Crippen LogP contribution in [0.3, 0.4) is 0 Å². The number of anilines is 1. The summed E-state index contributed by atoms with van der Waals surface area (Å²) in [5.41, 5.74) is 3.14. The van der Waals surface area contributed by atoms with Gasteiger partial charge in [0.05, 0.1) is 0 Å². The third-order valence-corrected chi connectivity index (χ3v) is 12.3. The van der Waals surface area contributed by atoms with Crippen LogP contribution in [-0.4, -0.2) is 49.5 Å². The number of likely N-dealkylation sites (N-methyl/N-ethyl adjacent to an activating group) is 1. The van der Waals surface area contributed by atoms with Crippen LogP contribution in [0, 0.1) is 0 Å². The third-order valence-electron chi connectivity index (χ3n) is 5.59. The van der Waals surface area contributed by atoms with Crippen LogP contribution >= 0.6 is 0 Å². The summed E-state index contributed by atoms with van der Waals surface area (Å²) in [7, 11) is 2.42. The monoisotopic (exact) mass is 360 g/mol. The molecule has 140 valence electrons. The molecule has 0 aliphatic carbocycles. The van der Waals surface area contributed by atoms with Crippen LogP contribution in [0.4, 0.5) is 5.82 Å². The van der Waals surface area contributed by atoms with E-state index in [1.165, 1.54) is 5.39 Å². The van der Waals surface area contributed by atoms with E-state index in [4.69, 9.17) is 4.98 Å². The van der Waals surface area contributed by atoms with Crippen LogP contribution in [0.2, 0.25) is 16.6 Å². The molecular weight excluding hydrogens is 324 g/mol. The van der Waals surface area contributed by atoms with Crippen LogP contribution in [0.15, 0.2) is 24.4 Å². The SMILES string of the molecule is CC(C)[Si](C(C)C)(C(C)C)n1ccc2ccc(NCCN(C)C)nc21. The minimum atomic E-state index is -1.77. The molecule has 0 fully saturated rings. The number of fused-ring (bicyclic) bond motifs is 1. The number of pyridine rings is 1. The average molecular weight is 361 g/mol. The van der Waals surface area contributed by atoms with Gasteiger partial charge in [-0.15, -0.1) is 0 Å².